The summed E-state index contributed by atoms with van der Waals surface area (Å²) in [5, 5.41) is 0. The van der Waals surface area contributed by atoms with Gasteiger partial charge in [-0.15, -0.1) is 0 Å². The molecule has 0 heterocycles. The van der Waals surface area contributed by atoms with Crippen molar-refractivity contribution in [1.82, 2.24) is 0 Å². The first kappa shape index (κ1) is 11800. The van der Waals surface area contributed by atoms with Crippen LogP contribution in [0.2, 0.25) is 0 Å². The van der Waals surface area contributed by atoms with Crippen LogP contribution in [-0.4, -0.2) is 16.8 Å². The third kappa shape index (κ3) is 2250. The zero-order valence-electron chi connectivity index (χ0n) is 1.22. The minimum absolute atomic E-state index is 0. The SMILES string of the molecule is B.B.F.F.F. The molecular weight excluding hydrogens is 78.6 g/mol. The van der Waals surface area contributed by atoms with E-state index in [-0.39, 0.29) is 30.9 Å². The average molecular weight is 87.7 g/mol. The Morgan fingerprint density at radius 2 is 0.400 bits per heavy atom. The molecule has 0 atom stereocenters. The molecule has 0 saturated heterocycles. The third-order valence-electron chi connectivity index (χ3n) is 0. The zero-order chi connectivity index (χ0) is 0. The van der Waals surface area contributed by atoms with Crippen LogP contribution in [0.4, 0.5) is 14.1 Å². The molecule has 0 aliphatic rings. The van der Waals surface area contributed by atoms with Crippen LogP contribution in [0.5, 0.6) is 0 Å². The lowest BCUT2D eigenvalue weighted by Crippen LogP contribution is -0.382. The fourth-order valence-electron chi connectivity index (χ4n) is 0. The Balaban J connectivity index is 0. The van der Waals surface area contributed by atoms with Crippen LogP contribution < -0.4 is 0 Å². The largest absolute Gasteiger partial charge is 0.269 e. The van der Waals surface area contributed by atoms with Crippen molar-refractivity contribution in [3.63, 3.8) is 0 Å². The first-order chi connectivity index (χ1) is 0. The lowest BCUT2D eigenvalue weighted by Gasteiger charge is -0.270. The fraction of sp³-hybridized carbons (Fsp3) is 0. The molecule has 5 heavy (non-hydrogen) atoms. The summed E-state index contributed by atoms with van der Waals surface area (Å²) < 4.78 is 0. The van der Waals surface area contributed by atoms with E-state index in [1.54, 1.807) is 0 Å². The summed E-state index contributed by atoms with van der Waals surface area (Å²) in [4.78, 5) is 0. The second-order valence-electron chi connectivity index (χ2n) is 0. The molecule has 0 aliphatic heterocycles. The van der Waals surface area contributed by atoms with Crippen LogP contribution in [-0.2, 0) is 0 Å². The Labute approximate surface area is 32.2 Å². The van der Waals surface area contributed by atoms with Gasteiger partial charge >= 0.3 is 0 Å². The molecule has 36 valence electrons. The van der Waals surface area contributed by atoms with Crippen LogP contribution in [0.25, 0.3) is 0 Å². The van der Waals surface area contributed by atoms with Crippen molar-refractivity contribution in [1.29, 1.82) is 0 Å². The zero-order valence-corrected chi connectivity index (χ0v) is 1.22. The standard InChI is InChI=1S/2BH3.3FH/h2*1H3;3*1H. The molecule has 5 heteroatoms. The highest BCUT2D eigenvalue weighted by atomic mass is 19.0. The molecular formula is H9B2F3. The van der Waals surface area contributed by atoms with E-state index in [2.05, 4.69) is 0 Å². The van der Waals surface area contributed by atoms with E-state index in [1.807, 2.05) is 0 Å². The van der Waals surface area contributed by atoms with E-state index in [4.69, 9.17) is 0 Å². The summed E-state index contributed by atoms with van der Waals surface area (Å²) in [7, 11) is 0. The normalized spacial score (nSPS) is 0. The van der Waals surface area contributed by atoms with Crippen LogP contribution in [0.15, 0.2) is 0 Å². The van der Waals surface area contributed by atoms with E-state index < -0.39 is 0 Å². The Kier molecular flexibility index (Phi) is 12300000. The smallest absolute Gasteiger partial charge is 0.0814 e. The van der Waals surface area contributed by atoms with Gasteiger partial charge in [-0.1, -0.05) is 0 Å². The van der Waals surface area contributed by atoms with Crippen molar-refractivity contribution < 1.29 is 14.1 Å². The van der Waals surface area contributed by atoms with Crippen molar-refractivity contribution in [3.05, 3.63) is 0 Å². The number of halogens is 3. The summed E-state index contributed by atoms with van der Waals surface area (Å²) >= 11 is 0. The van der Waals surface area contributed by atoms with E-state index in [0.29, 0.717) is 0 Å². The molecule has 0 aromatic carbocycles. The fourth-order valence-corrected chi connectivity index (χ4v) is 0. The molecule has 0 N–H and O–H groups in total. The molecule has 0 unspecified atom stereocenters. The summed E-state index contributed by atoms with van der Waals surface area (Å²) in [6.07, 6.45) is 0. The summed E-state index contributed by atoms with van der Waals surface area (Å²) in [6.45, 7) is 0. The van der Waals surface area contributed by atoms with E-state index in [1.165, 1.54) is 0 Å². The highest BCUT2D eigenvalue weighted by Crippen LogP contribution is 0.422. The van der Waals surface area contributed by atoms with Crippen molar-refractivity contribution in [2.75, 3.05) is 0 Å². The molecule has 0 rings (SSSR count). The van der Waals surface area contributed by atoms with Gasteiger partial charge in [0.2, 0.25) is 0 Å². The van der Waals surface area contributed by atoms with Gasteiger partial charge < -0.3 is 0 Å². The first-order valence-electron chi connectivity index (χ1n) is 0. The predicted octanol–water partition coefficient (Wildman–Crippen LogP) is -1.91. The highest BCUT2D eigenvalue weighted by molar-refractivity contribution is 5.76. The van der Waals surface area contributed by atoms with Gasteiger partial charge in [-0.2, -0.15) is 0 Å². The number of rotatable bonds is 0. The third-order valence-corrected chi connectivity index (χ3v) is 0. The van der Waals surface area contributed by atoms with Gasteiger partial charge in [0.15, 0.2) is 0 Å². The second kappa shape index (κ2) is 5200. The van der Waals surface area contributed by atoms with E-state index in [0.717, 1.165) is 0 Å². The van der Waals surface area contributed by atoms with Gasteiger partial charge in [-0.3, -0.25) is 14.1 Å². The summed E-state index contributed by atoms with van der Waals surface area (Å²) in [5.74, 6) is 0. The lowest BCUT2D eigenvalue weighted by atomic mass is 10.8. The molecule has 0 aromatic rings. The Bertz CT molecular complexity index is 4.85. The predicted molar refractivity (Wildman–Crippen MR) is 27.4 cm³/mol. The Hall–Kier alpha value is -0.0801. The van der Waals surface area contributed by atoms with Gasteiger partial charge in [-0.05, 0) is 0 Å². The quantitative estimate of drug-likeness (QED) is 0.303. The maximum absolute atomic E-state index is 0. The monoisotopic (exact) mass is 88.1 g/mol. The molecule has 0 bridgehead atoms. The van der Waals surface area contributed by atoms with Crippen molar-refractivity contribution in [2.45, 2.75) is 0 Å². The minimum Gasteiger partial charge on any atom is -0.269 e. The van der Waals surface area contributed by atoms with Crippen LogP contribution in [0.1, 0.15) is 0 Å². The van der Waals surface area contributed by atoms with Gasteiger partial charge in [0.05, 0.1) is 16.8 Å². The Morgan fingerprint density at radius 1 is 0.400 bits per heavy atom. The number of hydrogen-bond donors (Lipinski definition) is 0. The van der Waals surface area contributed by atoms with Crippen LogP contribution in [0.3, 0.4) is 0 Å². The molecule has 0 aromatic heterocycles. The van der Waals surface area contributed by atoms with Gasteiger partial charge in [-0.25, -0.2) is 0 Å². The highest BCUT2D eigenvalue weighted by Gasteiger charge is 0.0824. The first-order valence-corrected chi connectivity index (χ1v) is 0. The lowest BCUT2D eigenvalue weighted by molar-refractivity contribution is 1.11. The van der Waals surface area contributed by atoms with Gasteiger partial charge in [0, 0.05) is 0 Å². The average Bonchev–Trinajstić information content (AvgIpc) is 0. The maximum atomic E-state index is 0. The van der Waals surface area contributed by atoms with Gasteiger partial charge in [0.1, 0.15) is 0 Å². The molecule has 0 radical (unpaired) electrons. The summed E-state index contributed by atoms with van der Waals surface area (Å²) in [5.41, 5.74) is 0. The second-order valence-corrected chi connectivity index (χ2v) is 0. The summed E-state index contributed by atoms with van der Waals surface area (Å²) in [6, 6.07) is 0. The minimum atomic E-state index is 0. The van der Waals surface area contributed by atoms with E-state index in [9.17, 15) is 0 Å². The molecule has 0 nitrogen and oxygen atoms in total. The van der Waals surface area contributed by atoms with Crippen molar-refractivity contribution in [2.24, 2.45) is 0 Å². The molecule has 0 amide bonds. The molecule has 0 saturated carbocycles. The van der Waals surface area contributed by atoms with Crippen molar-refractivity contribution in [3.8, 4) is 0 Å². The Morgan fingerprint density at radius 3 is 0.400 bits per heavy atom. The number of hydrogen-bond acceptors (Lipinski definition) is 0. The molecule has 0 spiro atoms. The van der Waals surface area contributed by atoms with Crippen LogP contribution in [0, 0.1) is 0 Å². The molecule has 0 fully saturated rings. The topological polar surface area (TPSA) is 0 Å². The van der Waals surface area contributed by atoms with Gasteiger partial charge in [0.25, 0.3) is 0 Å². The van der Waals surface area contributed by atoms with Crippen LogP contribution >= 0.6 is 0 Å². The van der Waals surface area contributed by atoms with Crippen molar-refractivity contribution >= 4 is 16.8 Å². The molecule has 0 aliphatic carbocycles. The van der Waals surface area contributed by atoms with E-state index >= 15 is 0 Å². The maximum Gasteiger partial charge on any atom is 0.0814 e.